The summed E-state index contributed by atoms with van der Waals surface area (Å²) in [6.07, 6.45) is 0. The average Bonchev–Trinajstić information content (AvgIpc) is 2.59. The van der Waals surface area contributed by atoms with Crippen LogP contribution in [0.4, 0.5) is 0 Å². The maximum absolute atomic E-state index is 11.6. The summed E-state index contributed by atoms with van der Waals surface area (Å²) in [6, 6.07) is 12.3. The number of hydrazine groups is 1. The second kappa shape index (κ2) is 7.33. The van der Waals surface area contributed by atoms with Gasteiger partial charge in [0.2, 0.25) is 0 Å². The Morgan fingerprint density at radius 2 is 1.73 bits per heavy atom. The summed E-state index contributed by atoms with van der Waals surface area (Å²) in [5.41, 5.74) is 3.26. The van der Waals surface area contributed by atoms with E-state index in [4.69, 9.17) is 20.1 Å². The number of rotatable bonds is 6. The second-order valence-corrected chi connectivity index (χ2v) is 4.44. The third kappa shape index (κ3) is 3.48. The van der Waals surface area contributed by atoms with Gasteiger partial charge in [-0.25, -0.2) is 5.84 Å². The highest BCUT2D eigenvalue weighted by molar-refractivity contribution is 5.94. The van der Waals surface area contributed by atoms with Crippen LogP contribution >= 0.6 is 0 Å². The van der Waals surface area contributed by atoms with Crippen LogP contribution in [0.5, 0.6) is 17.2 Å². The number of nitrogen functional groups attached to an aromatic ring is 1. The lowest BCUT2D eigenvalue weighted by molar-refractivity contribution is 0.0953. The zero-order chi connectivity index (χ0) is 15.9. The largest absolute Gasteiger partial charge is 0.496 e. The number of amides is 1. The SMILES string of the molecule is COc1ccc(C(=O)NN)cc1COc1ccccc1OC. The number of hydrogen-bond donors (Lipinski definition) is 2. The van der Waals surface area contributed by atoms with Gasteiger partial charge in [-0.3, -0.25) is 10.2 Å². The highest BCUT2D eigenvalue weighted by atomic mass is 16.5. The Morgan fingerprint density at radius 3 is 2.36 bits per heavy atom. The molecule has 0 radical (unpaired) electrons. The van der Waals surface area contributed by atoms with Crippen molar-refractivity contribution in [3.05, 3.63) is 53.6 Å². The van der Waals surface area contributed by atoms with Crippen molar-refractivity contribution in [1.82, 2.24) is 5.43 Å². The fourth-order valence-electron chi connectivity index (χ4n) is 2.01. The molecule has 2 aromatic rings. The minimum Gasteiger partial charge on any atom is -0.496 e. The molecular weight excluding hydrogens is 284 g/mol. The van der Waals surface area contributed by atoms with Crippen LogP contribution in [-0.4, -0.2) is 20.1 Å². The van der Waals surface area contributed by atoms with Crippen molar-refractivity contribution in [2.45, 2.75) is 6.61 Å². The molecule has 22 heavy (non-hydrogen) atoms. The second-order valence-electron chi connectivity index (χ2n) is 4.44. The number of nitrogens with one attached hydrogen (secondary N) is 1. The Hall–Kier alpha value is -2.73. The van der Waals surface area contributed by atoms with Crippen LogP contribution in [0.15, 0.2) is 42.5 Å². The standard InChI is InChI=1S/C16H18N2O4/c1-20-13-8-7-11(16(19)18-17)9-12(13)10-22-15-6-4-3-5-14(15)21-2/h3-9H,10,17H2,1-2H3,(H,18,19). The molecule has 3 N–H and O–H groups in total. The predicted molar refractivity (Wildman–Crippen MR) is 82.0 cm³/mol. The van der Waals surface area contributed by atoms with Crippen molar-refractivity contribution in [1.29, 1.82) is 0 Å². The van der Waals surface area contributed by atoms with Crippen molar-refractivity contribution in [3.63, 3.8) is 0 Å². The number of para-hydroxylation sites is 2. The molecule has 0 fully saturated rings. The van der Waals surface area contributed by atoms with Crippen molar-refractivity contribution in [2.75, 3.05) is 14.2 Å². The molecule has 0 unspecified atom stereocenters. The van der Waals surface area contributed by atoms with Crippen molar-refractivity contribution < 1.29 is 19.0 Å². The summed E-state index contributed by atoms with van der Waals surface area (Å²) in [5.74, 6) is 6.65. The van der Waals surface area contributed by atoms with E-state index in [0.717, 1.165) is 5.56 Å². The number of hydrogen-bond acceptors (Lipinski definition) is 5. The maximum Gasteiger partial charge on any atom is 0.265 e. The molecule has 1 amide bonds. The van der Waals surface area contributed by atoms with E-state index in [1.165, 1.54) is 0 Å². The lowest BCUT2D eigenvalue weighted by Crippen LogP contribution is -2.30. The first-order chi connectivity index (χ1) is 10.7. The summed E-state index contributed by atoms with van der Waals surface area (Å²) in [7, 11) is 3.14. The molecule has 0 aliphatic carbocycles. The Kier molecular flexibility index (Phi) is 5.21. The third-order valence-corrected chi connectivity index (χ3v) is 3.13. The number of ether oxygens (including phenoxy) is 3. The van der Waals surface area contributed by atoms with Gasteiger partial charge in [0.15, 0.2) is 11.5 Å². The van der Waals surface area contributed by atoms with Crippen molar-refractivity contribution in [2.24, 2.45) is 5.84 Å². The fraction of sp³-hybridized carbons (Fsp3) is 0.188. The summed E-state index contributed by atoms with van der Waals surface area (Å²) in [6.45, 7) is 0.231. The topological polar surface area (TPSA) is 82.8 Å². The van der Waals surface area contributed by atoms with Gasteiger partial charge >= 0.3 is 0 Å². The molecule has 0 aliphatic heterocycles. The van der Waals surface area contributed by atoms with Crippen LogP contribution in [0.2, 0.25) is 0 Å². The highest BCUT2D eigenvalue weighted by Crippen LogP contribution is 2.28. The van der Waals surface area contributed by atoms with E-state index in [2.05, 4.69) is 5.43 Å². The van der Waals surface area contributed by atoms with Crippen LogP contribution in [-0.2, 0) is 6.61 Å². The number of carbonyl (C=O) groups is 1. The average molecular weight is 302 g/mol. The van der Waals surface area contributed by atoms with Crippen LogP contribution in [0.3, 0.4) is 0 Å². The highest BCUT2D eigenvalue weighted by Gasteiger charge is 2.11. The Bertz CT molecular complexity index is 658. The zero-order valence-electron chi connectivity index (χ0n) is 12.5. The Morgan fingerprint density at radius 1 is 1.05 bits per heavy atom. The molecule has 0 atom stereocenters. The van der Waals surface area contributed by atoms with Gasteiger partial charge in [-0.15, -0.1) is 0 Å². The van der Waals surface area contributed by atoms with Gasteiger partial charge in [-0.2, -0.15) is 0 Å². The lowest BCUT2D eigenvalue weighted by Gasteiger charge is -2.13. The first kappa shape index (κ1) is 15.7. The summed E-state index contributed by atoms with van der Waals surface area (Å²) in [4.78, 5) is 11.6. The van der Waals surface area contributed by atoms with E-state index in [0.29, 0.717) is 22.8 Å². The quantitative estimate of drug-likeness (QED) is 0.484. The molecule has 0 saturated heterocycles. The summed E-state index contributed by atoms with van der Waals surface area (Å²) >= 11 is 0. The molecule has 0 aliphatic rings. The molecule has 0 spiro atoms. The van der Waals surface area contributed by atoms with Crippen LogP contribution < -0.4 is 25.5 Å². The minimum absolute atomic E-state index is 0.231. The van der Waals surface area contributed by atoms with Crippen molar-refractivity contribution >= 4 is 5.91 Å². The van der Waals surface area contributed by atoms with Gasteiger partial charge < -0.3 is 14.2 Å². The molecule has 0 bridgehead atoms. The van der Waals surface area contributed by atoms with E-state index in [-0.39, 0.29) is 12.5 Å². The lowest BCUT2D eigenvalue weighted by atomic mass is 10.1. The smallest absolute Gasteiger partial charge is 0.265 e. The van der Waals surface area contributed by atoms with E-state index in [9.17, 15) is 4.79 Å². The molecule has 2 rings (SSSR count). The number of methoxy groups -OCH3 is 2. The molecule has 6 heteroatoms. The third-order valence-electron chi connectivity index (χ3n) is 3.13. The van der Waals surface area contributed by atoms with Crippen LogP contribution in [0.25, 0.3) is 0 Å². The summed E-state index contributed by atoms with van der Waals surface area (Å²) < 4.78 is 16.3. The van der Waals surface area contributed by atoms with Gasteiger partial charge in [-0.05, 0) is 30.3 Å². The minimum atomic E-state index is -0.374. The van der Waals surface area contributed by atoms with Gasteiger partial charge in [0, 0.05) is 11.1 Å². The van der Waals surface area contributed by atoms with Gasteiger partial charge in [0.1, 0.15) is 12.4 Å². The van der Waals surface area contributed by atoms with Crippen molar-refractivity contribution in [3.8, 4) is 17.2 Å². The van der Waals surface area contributed by atoms with E-state index in [1.807, 2.05) is 24.3 Å². The number of benzene rings is 2. The Labute approximate surface area is 128 Å². The summed E-state index contributed by atoms with van der Waals surface area (Å²) in [5, 5.41) is 0. The van der Waals surface area contributed by atoms with Gasteiger partial charge in [-0.1, -0.05) is 12.1 Å². The molecule has 0 saturated carbocycles. The van der Waals surface area contributed by atoms with E-state index in [1.54, 1.807) is 32.4 Å². The van der Waals surface area contributed by atoms with E-state index >= 15 is 0 Å². The maximum atomic E-state index is 11.6. The number of nitrogens with two attached hydrogens (primary N) is 1. The fourth-order valence-corrected chi connectivity index (χ4v) is 2.01. The first-order valence-corrected chi connectivity index (χ1v) is 6.63. The Balaban J connectivity index is 2.22. The van der Waals surface area contributed by atoms with Crippen LogP contribution in [0, 0.1) is 0 Å². The molecule has 116 valence electrons. The predicted octanol–water partition coefficient (Wildman–Crippen LogP) is 1.89. The number of carbonyl (C=O) groups excluding carboxylic acids is 1. The molecule has 6 nitrogen and oxygen atoms in total. The normalized spacial score (nSPS) is 9.95. The van der Waals surface area contributed by atoms with Gasteiger partial charge in [0.05, 0.1) is 14.2 Å². The van der Waals surface area contributed by atoms with Gasteiger partial charge in [0.25, 0.3) is 5.91 Å². The first-order valence-electron chi connectivity index (χ1n) is 6.63. The van der Waals surface area contributed by atoms with E-state index < -0.39 is 0 Å². The molecular formula is C16H18N2O4. The zero-order valence-corrected chi connectivity index (χ0v) is 12.5. The molecule has 2 aromatic carbocycles. The molecule has 0 heterocycles. The monoisotopic (exact) mass is 302 g/mol. The molecule has 0 aromatic heterocycles. The van der Waals surface area contributed by atoms with Crippen LogP contribution in [0.1, 0.15) is 15.9 Å².